The van der Waals surface area contributed by atoms with E-state index in [0.717, 1.165) is 6.54 Å². The minimum Gasteiger partial charge on any atom is -0.306 e. The lowest BCUT2D eigenvalue weighted by Gasteiger charge is -2.39. The van der Waals surface area contributed by atoms with Crippen molar-refractivity contribution in [3.63, 3.8) is 0 Å². The van der Waals surface area contributed by atoms with Gasteiger partial charge in [-0.3, -0.25) is 0 Å². The van der Waals surface area contributed by atoms with Gasteiger partial charge in [0.05, 0.1) is 10.0 Å². The van der Waals surface area contributed by atoms with E-state index in [0.29, 0.717) is 15.5 Å². The van der Waals surface area contributed by atoms with E-state index in [4.69, 9.17) is 23.2 Å². The maximum absolute atomic E-state index is 6.27. The molecule has 0 N–H and O–H groups in total. The Bertz CT molecular complexity index is 453. The van der Waals surface area contributed by atoms with Gasteiger partial charge in [-0.15, -0.1) is 0 Å². The first-order valence-electron chi connectivity index (χ1n) is 8.21. The largest absolute Gasteiger partial charge is 0.306 e. The highest BCUT2D eigenvalue weighted by molar-refractivity contribution is 6.42. The summed E-state index contributed by atoms with van der Waals surface area (Å²) in [6.45, 7) is 4.58. The van der Waals surface area contributed by atoms with Crippen molar-refractivity contribution in [1.29, 1.82) is 0 Å². The summed E-state index contributed by atoms with van der Waals surface area (Å²) in [4.78, 5) is 2.45. The summed E-state index contributed by atoms with van der Waals surface area (Å²) in [6.07, 6.45) is 9.04. The Morgan fingerprint density at radius 3 is 2.38 bits per heavy atom. The number of nitrogens with zero attached hydrogens (tertiary/aromatic N) is 1. The van der Waals surface area contributed by atoms with Crippen LogP contribution in [-0.4, -0.2) is 25.0 Å². The van der Waals surface area contributed by atoms with Crippen LogP contribution in [0.5, 0.6) is 0 Å². The van der Waals surface area contributed by atoms with Crippen LogP contribution in [0.25, 0.3) is 0 Å². The molecule has 3 heteroatoms. The fraction of sp³-hybridized carbons (Fsp3) is 0.667. The summed E-state index contributed by atoms with van der Waals surface area (Å²) < 4.78 is 0. The van der Waals surface area contributed by atoms with Crippen LogP contribution in [0, 0.1) is 0 Å². The molecule has 1 saturated carbocycles. The predicted octanol–water partition coefficient (Wildman–Crippen LogP) is 5.93. The Balaban J connectivity index is 2.17. The minimum absolute atomic E-state index is 0.300. The Morgan fingerprint density at radius 1 is 1.05 bits per heavy atom. The Labute approximate surface area is 139 Å². The van der Waals surface area contributed by atoms with E-state index in [-0.39, 0.29) is 0 Å². The van der Waals surface area contributed by atoms with Crippen molar-refractivity contribution in [3.05, 3.63) is 33.8 Å². The summed E-state index contributed by atoms with van der Waals surface area (Å²) in [5.74, 6) is 0. The molecule has 1 aliphatic rings. The molecule has 0 amide bonds. The molecule has 1 aromatic carbocycles. The molecule has 2 rings (SSSR count). The second kappa shape index (κ2) is 7.85. The molecule has 0 spiro atoms. The maximum Gasteiger partial charge on any atom is 0.0595 e. The molecule has 0 saturated heterocycles. The zero-order valence-electron chi connectivity index (χ0n) is 13.3. The van der Waals surface area contributed by atoms with E-state index >= 15 is 0 Å². The molecular weight excluding hydrogens is 301 g/mol. The highest BCUT2D eigenvalue weighted by atomic mass is 35.5. The van der Waals surface area contributed by atoms with Gasteiger partial charge in [0.2, 0.25) is 0 Å². The Morgan fingerprint density at radius 2 is 1.76 bits per heavy atom. The van der Waals surface area contributed by atoms with Gasteiger partial charge in [0.1, 0.15) is 0 Å². The highest BCUT2D eigenvalue weighted by Gasteiger charge is 2.34. The van der Waals surface area contributed by atoms with Crippen LogP contribution < -0.4 is 0 Å². The van der Waals surface area contributed by atoms with Crippen LogP contribution in [-0.2, 0) is 5.41 Å². The van der Waals surface area contributed by atoms with Crippen LogP contribution in [0.15, 0.2) is 18.2 Å². The summed E-state index contributed by atoms with van der Waals surface area (Å²) in [5, 5.41) is 1.36. The van der Waals surface area contributed by atoms with E-state index in [1.54, 1.807) is 0 Å². The van der Waals surface area contributed by atoms with E-state index in [1.165, 1.54) is 57.1 Å². The van der Waals surface area contributed by atoms with Gasteiger partial charge >= 0.3 is 0 Å². The maximum atomic E-state index is 6.27. The first-order chi connectivity index (χ1) is 10.1. The smallest absolute Gasteiger partial charge is 0.0595 e. The number of hydrogen-bond donors (Lipinski definition) is 0. The molecule has 118 valence electrons. The highest BCUT2D eigenvalue weighted by Crippen LogP contribution is 2.43. The molecule has 0 aliphatic heterocycles. The van der Waals surface area contributed by atoms with E-state index in [2.05, 4.69) is 31.0 Å². The average Bonchev–Trinajstić information content (AvgIpc) is 2.49. The molecule has 0 aromatic heterocycles. The van der Waals surface area contributed by atoms with Gasteiger partial charge in [0.15, 0.2) is 0 Å². The first-order valence-corrected chi connectivity index (χ1v) is 8.97. The lowest BCUT2D eigenvalue weighted by molar-refractivity contribution is 0.226. The predicted molar refractivity (Wildman–Crippen MR) is 93.6 cm³/mol. The summed E-state index contributed by atoms with van der Waals surface area (Å²) in [7, 11) is 2.23. The molecule has 21 heavy (non-hydrogen) atoms. The minimum atomic E-state index is 0.300. The molecule has 1 aromatic rings. The van der Waals surface area contributed by atoms with Crippen molar-refractivity contribution in [3.8, 4) is 0 Å². The summed E-state index contributed by atoms with van der Waals surface area (Å²) >= 11 is 12.4. The molecule has 0 atom stereocenters. The fourth-order valence-corrected chi connectivity index (χ4v) is 3.93. The number of halogens is 2. The summed E-state index contributed by atoms with van der Waals surface area (Å²) in [5.41, 5.74) is 1.69. The zero-order chi connectivity index (χ0) is 15.3. The van der Waals surface area contributed by atoms with Gasteiger partial charge in [0.25, 0.3) is 0 Å². The van der Waals surface area contributed by atoms with E-state index in [9.17, 15) is 0 Å². The third kappa shape index (κ3) is 4.37. The summed E-state index contributed by atoms with van der Waals surface area (Å²) in [6, 6.07) is 6.26. The zero-order valence-corrected chi connectivity index (χ0v) is 14.8. The van der Waals surface area contributed by atoms with Crippen molar-refractivity contribution in [2.45, 2.75) is 57.3 Å². The molecule has 1 fully saturated rings. The van der Waals surface area contributed by atoms with Crippen molar-refractivity contribution >= 4 is 23.2 Å². The van der Waals surface area contributed by atoms with E-state index < -0.39 is 0 Å². The normalized spacial score (nSPS) is 18.1. The van der Waals surface area contributed by atoms with Gasteiger partial charge in [-0.25, -0.2) is 0 Å². The standard InChI is InChI=1S/C18H27Cl2N/c1-3-12-21(2)13-11-18(9-5-4-6-10-18)15-7-8-16(19)17(20)14-15/h7-8,14H,3-6,9-13H2,1-2H3. The van der Waals surface area contributed by atoms with Gasteiger partial charge in [-0.1, -0.05) is 55.5 Å². The lowest BCUT2D eigenvalue weighted by Crippen LogP contribution is -2.34. The van der Waals surface area contributed by atoms with E-state index in [1.807, 2.05) is 6.07 Å². The topological polar surface area (TPSA) is 3.24 Å². The lowest BCUT2D eigenvalue weighted by atomic mass is 9.67. The van der Waals surface area contributed by atoms with Crippen molar-refractivity contribution in [2.24, 2.45) is 0 Å². The van der Waals surface area contributed by atoms with Gasteiger partial charge in [-0.2, -0.15) is 0 Å². The van der Waals surface area contributed by atoms with Crippen molar-refractivity contribution in [1.82, 2.24) is 4.90 Å². The van der Waals surface area contributed by atoms with Gasteiger partial charge in [0, 0.05) is 0 Å². The number of rotatable bonds is 6. The molecular formula is C18H27Cl2N. The Hall–Kier alpha value is -0.240. The van der Waals surface area contributed by atoms with Crippen molar-refractivity contribution in [2.75, 3.05) is 20.1 Å². The SMILES string of the molecule is CCCN(C)CCC1(c2ccc(Cl)c(Cl)c2)CCCCC1. The second-order valence-corrected chi connectivity index (χ2v) is 7.34. The molecule has 1 aliphatic carbocycles. The molecule has 0 bridgehead atoms. The van der Waals surface area contributed by atoms with Crippen LogP contribution in [0.3, 0.4) is 0 Å². The van der Waals surface area contributed by atoms with Crippen molar-refractivity contribution < 1.29 is 0 Å². The number of hydrogen-bond acceptors (Lipinski definition) is 1. The van der Waals surface area contributed by atoms with Crippen LogP contribution in [0.1, 0.15) is 57.4 Å². The average molecular weight is 328 g/mol. The third-order valence-electron chi connectivity index (χ3n) is 4.92. The molecule has 0 radical (unpaired) electrons. The monoisotopic (exact) mass is 327 g/mol. The number of benzene rings is 1. The molecule has 0 heterocycles. The second-order valence-electron chi connectivity index (χ2n) is 6.52. The quantitative estimate of drug-likeness (QED) is 0.626. The van der Waals surface area contributed by atoms with Crippen LogP contribution >= 0.6 is 23.2 Å². The molecule has 0 unspecified atom stereocenters. The van der Waals surface area contributed by atoms with Crippen LogP contribution in [0.4, 0.5) is 0 Å². The third-order valence-corrected chi connectivity index (χ3v) is 5.66. The molecule has 1 nitrogen and oxygen atoms in total. The fourth-order valence-electron chi connectivity index (χ4n) is 3.64. The Kier molecular flexibility index (Phi) is 6.40. The van der Waals surface area contributed by atoms with Crippen LogP contribution in [0.2, 0.25) is 10.0 Å². The first kappa shape index (κ1) is 17.1. The van der Waals surface area contributed by atoms with Gasteiger partial charge in [-0.05, 0) is 68.9 Å². The van der Waals surface area contributed by atoms with Gasteiger partial charge < -0.3 is 4.90 Å².